The summed E-state index contributed by atoms with van der Waals surface area (Å²) in [4.78, 5) is 2.37. The first kappa shape index (κ1) is 30.5. The summed E-state index contributed by atoms with van der Waals surface area (Å²) < 4.78 is 6.23. The second-order valence-corrected chi connectivity index (χ2v) is 14.1. The lowest BCUT2D eigenvalue weighted by Gasteiger charge is -2.26. The highest BCUT2D eigenvalue weighted by atomic mass is 16.3. The van der Waals surface area contributed by atoms with Crippen LogP contribution in [0.5, 0.6) is 0 Å². The van der Waals surface area contributed by atoms with Gasteiger partial charge in [-0.05, 0) is 114 Å². The van der Waals surface area contributed by atoms with E-state index >= 15 is 0 Å². The van der Waals surface area contributed by atoms with E-state index < -0.39 is 0 Å². The number of hydrogen-bond acceptors (Lipinski definition) is 2. The summed E-state index contributed by atoms with van der Waals surface area (Å²) in [5, 5.41) is 12.3. The monoisotopic (exact) mass is 687 g/mol. The third kappa shape index (κ3) is 4.88. The maximum atomic E-state index is 6.23. The van der Waals surface area contributed by atoms with Crippen LogP contribution in [0.1, 0.15) is 0 Å². The third-order valence-electron chi connectivity index (χ3n) is 11.1. The van der Waals surface area contributed by atoms with Gasteiger partial charge in [0.15, 0.2) is 0 Å². The van der Waals surface area contributed by atoms with Crippen LogP contribution in [-0.2, 0) is 0 Å². The average Bonchev–Trinajstić information content (AvgIpc) is 3.63. The summed E-state index contributed by atoms with van der Waals surface area (Å²) in [6.07, 6.45) is 0. The Balaban J connectivity index is 1.05. The van der Waals surface area contributed by atoms with E-state index in [4.69, 9.17) is 4.42 Å². The van der Waals surface area contributed by atoms with Gasteiger partial charge < -0.3 is 9.32 Å². The van der Waals surface area contributed by atoms with E-state index in [9.17, 15) is 0 Å². The molecule has 2 heteroatoms. The molecule has 0 N–H and O–H groups in total. The van der Waals surface area contributed by atoms with Crippen LogP contribution >= 0.6 is 0 Å². The van der Waals surface area contributed by atoms with E-state index in [1.165, 1.54) is 59.8 Å². The zero-order chi connectivity index (χ0) is 35.6. The van der Waals surface area contributed by atoms with E-state index in [0.29, 0.717) is 0 Å². The van der Waals surface area contributed by atoms with Crippen molar-refractivity contribution in [1.29, 1.82) is 0 Å². The zero-order valence-electron chi connectivity index (χ0n) is 29.4. The molecule has 1 heterocycles. The van der Waals surface area contributed by atoms with Crippen molar-refractivity contribution in [3.63, 3.8) is 0 Å². The number of rotatable bonds is 5. The first-order valence-electron chi connectivity index (χ1n) is 18.5. The van der Waals surface area contributed by atoms with Crippen molar-refractivity contribution >= 4 is 82.1 Å². The molecule has 0 amide bonds. The number of nitrogens with zero attached hydrogens (tertiary/aromatic N) is 1. The van der Waals surface area contributed by atoms with Crippen LogP contribution in [0, 0.1) is 0 Å². The number of fused-ring (bicyclic) bond motifs is 9. The fourth-order valence-electron chi connectivity index (χ4n) is 8.46. The Bertz CT molecular complexity index is 3210. The Kier molecular flexibility index (Phi) is 6.90. The van der Waals surface area contributed by atoms with Crippen molar-refractivity contribution in [3.05, 3.63) is 200 Å². The lowest BCUT2D eigenvalue weighted by molar-refractivity contribution is 0.669. The van der Waals surface area contributed by atoms with E-state index in [-0.39, 0.29) is 0 Å². The van der Waals surface area contributed by atoms with Gasteiger partial charge >= 0.3 is 0 Å². The number of anilines is 3. The summed E-state index contributed by atoms with van der Waals surface area (Å²) >= 11 is 0. The molecule has 0 saturated carbocycles. The molecule has 0 radical (unpaired) electrons. The molecule has 0 aliphatic carbocycles. The molecule has 2 nitrogen and oxygen atoms in total. The molecule has 0 atom stereocenters. The molecular weight excluding hydrogens is 655 g/mol. The van der Waals surface area contributed by atoms with E-state index in [1.807, 2.05) is 12.1 Å². The fourth-order valence-corrected chi connectivity index (χ4v) is 8.46. The normalized spacial score (nSPS) is 11.7. The zero-order valence-corrected chi connectivity index (χ0v) is 29.4. The summed E-state index contributed by atoms with van der Waals surface area (Å²) in [6.45, 7) is 0. The standard InChI is InChI=1S/C52H33NO/c1-3-11-42-35(10-1)26-32-47-43(14-7-16-46(42)47)36-21-27-39(28-22-36)53(41-31-25-38-20-19-34-9-2-4-12-44(34)49(38)33-41)40-29-23-37(24-30-40)45-15-8-18-51-52(45)48-13-5-6-17-50(48)54-51/h1-33H. The summed E-state index contributed by atoms with van der Waals surface area (Å²) in [7, 11) is 0. The van der Waals surface area contributed by atoms with E-state index in [1.54, 1.807) is 0 Å². The van der Waals surface area contributed by atoms with Gasteiger partial charge in [0.1, 0.15) is 11.2 Å². The van der Waals surface area contributed by atoms with Crippen LogP contribution in [0.15, 0.2) is 205 Å². The van der Waals surface area contributed by atoms with Crippen molar-refractivity contribution in [3.8, 4) is 22.3 Å². The maximum absolute atomic E-state index is 6.23. The average molecular weight is 688 g/mol. The SMILES string of the molecule is c1ccc2c(c1)ccc1ccc(N(c3ccc(-c4cccc5c4ccc4ccccc45)cc3)c3ccc(-c4cccc5oc6ccccc6c45)cc3)cc12. The van der Waals surface area contributed by atoms with Gasteiger partial charge in [0.05, 0.1) is 0 Å². The highest BCUT2D eigenvalue weighted by Gasteiger charge is 2.17. The molecule has 0 aliphatic heterocycles. The molecule has 0 bridgehead atoms. The maximum Gasteiger partial charge on any atom is 0.136 e. The van der Waals surface area contributed by atoms with Crippen LogP contribution in [0.2, 0.25) is 0 Å². The topological polar surface area (TPSA) is 16.4 Å². The molecule has 54 heavy (non-hydrogen) atoms. The lowest BCUT2D eigenvalue weighted by atomic mass is 9.94. The molecular formula is C52H33NO. The van der Waals surface area contributed by atoms with Gasteiger partial charge in [0.2, 0.25) is 0 Å². The van der Waals surface area contributed by atoms with Crippen LogP contribution in [0.4, 0.5) is 17.1 Å². The second-order valence-electron chi connectivity index (χ2n) is 14.1. The van der Waals surface area contributed by atoms with Gasteiger partial charge in [-0.3, -0.25) is 0 Å². The summed E-state index contributed by atoms with van der Waals surface area (Å²) in [5.74, 6) is 0. The molecule has 1 aromatic heterocycles. The van der Waals surface area contributed by atoms with Crippen LogP contribution in [0.25, 0.3) is 87.3 Å². The van der Waals surface area contributed by atoms with Gasteiger partial charge in [-0.1, -0.05) is 152 Å². The number of benzene rings is 10. The van der Waals surface area contributed by atoms with E-state index in [2.05, 4.69) is 193 Å². The molecule has 0 saturated heterocycles. The van der Waals surface area contributed by atoms with Gasteiger partial charge in [-0.25, -0.2) is 0 Å². The highest BCUT2D eigenvalue weighted by molar-refractivity contribution is 6.14. The number of hydrogen-bond donors (Lipinski definition) is 0. The minimum atomic E-state index is 0.905. The Morgan fingerprint density at radius 1 is 0.296 bits per heavy atom. The Labute approximate surface area is 312 Å². The largest absolute Gasteiger partial charge is 0.456 e. The van der Waals surface area contributed by atoms with Crippen molar-refractivity contribution in [1.82, 2.24) is 0 Å². The van der Waals surface area contributed by atoms with Gasteiger partial charge in [0.25, 0.3) is 0 Å². The molecule has 11 rings (SSSR count). The molecule has 0 spiro atoms. The fraction of sp³-hybridized carbons (Fsp3) is 0. The van der Waals surface area contributed by atoms with Crippen molar-refractivity contribution in [2.75, 3.05) is 4.90 Å². The molecule has 0 aliphatic rings. The smallest absolute Gasteiger partial charge is 0.136 e. The van der Waals surface area contributed by atoms with Crippen LogP contribution in [0.3, 0.4) is 0 Å². The van der Waals surface area contributed by atoms with Crippen molar-refractivity contribution in [2.45, 2.75) is 0 Å². The predicted molar refractivity (Wildman–Crippen MR) is 229 cm³/mol. The first-order valence-corrected chi connectivity index (χ1v) is 18.5. The molecule has 252 valence electrons. The second kappa shape index (κ2) is 12.2. The van der Waals surface area contributed by atoms with E-state index in [0.717, 1.165) is 44.6 Å². The molecule has 0 unspecified atom stereocenters. The minimum absolute atomic E-state index is 0.905. The first-order chi connectivity index (χ1) is 26.8. The summed E-state index contributed by atoms with van der Waals surface area (Å²) in [5.41, 5.74) is 9.86. The van der Waals surface area contributed by atoms with Crippen LogP contribution in [-0.4, -0.2) is 0 Å². The number of para-hydroxylation sites is 1. The van der Waals surface area contributed by atoms with Crippen LogP contribution < -0.4 is 4.90 Å². The number of furan rings is 1. The molecule has 11 aromatic rings. The quantitative estimate of drug-likeness (QED) is 0.168. The predicted octanol–water partition coefficient (Wildman–Crippen LogP) is 15.0. The van der Waals surface area contributed by atoms with Crippen molar-refractivity contribution < 1.29 is 4.42 Å². The third-order valence-corrected chi connectivity index (χ3v) is 11.1. The molecule has 0 fully saturated rings. The lowest BCUT2D eigenvalue weighted by Crippen LogP contribution is -2.10. The van der Waals surface area contributed by atoms with Gasteiger partial charge in [-0.2, -0.15) is 0 Å². The highest BCUT2D eigenvalue weighted by Crippen LogP contribution is 2.42. The Hall–Kier alpha value is -7.16. The Morgan fingerprint density at radius 3 is 1.54 bits per heavy atom. The van der Waals surface area contributed by atoms with Gasteiger partial charge in [-0.15, -0.1) is 0 Å². The summed E-state index contributed by atoms with van der Waals surface area (Å²) in [6, 6.07) is 72.4. The minimum Gasteiger partial charge on any atom is -0.456 e. The van der Waals surface area contributed by atoms with Gasteiger partial charge in [0, 0.05) is 27.8 Å². The molecule has 10 aromatic carbocycles. The Morgan fingerprint density at radius 2 is 0.796 bits per heavy atom. The van der Waals surface area contributed by atoms with Crippen molar-refractivity contribution in [2.24, 2.45) is 0 Å².